The molecule has 1 fully saturated rings. The summed E-state index contributed by atoms with van der Waals surface area (Å²) in [6, 6.07) is -0.462. The van der Waals surface area contributed by atoms with Gasteiger partial charge in [-0.25, -0.2) is 0 Å². The first-order valence-electron chi connectivity index (χ1n) is 4.66. The fraction of sp³-hybridized carbons (Fsp3) is 0.778. The number of likely N-dealkylation sites (N-methyl/N-ethyl adjacent to an activating group) is 1. The average molecular weight is 200 g/mol. The van der Waals surface area contributed by atoms with Gasteiger partial charge in [0.25, 0.3) is 0 Å². The average Bonchev–Trinajstić information content (AvgIpc) is 2.09. The minimum Gasteiger partial charge on any atom is -0.392 e. The standard InChI is InChI=1S/C9H16N2O3/c1-6(12)4-11-7(2)9(14)10(3)5-8(11)13/h6-7,12H,4-5H2,1-3H3. The number of hydrogen-bond donors (Lipinski definition) is 1. The molecular weight excluding hydrogens is 184 g/mol. The molecular formula is C9H16N2O3. The summed E-state index contributed by atoms with van der Waals surface area (Å²) in [7, 11) is 1.61. The number of carbonyl (C=O) groups is 2. The molecule has 5 nitrogen and oxygen atoms in total. The van der Waals surface area contributed by atoms with Gasteiger partial charge in [-0.15, -0.1) is 0 Å². The molecule has 1 rings (SSSR count). The number of carbonyl (C=O) groups excluding carboxylic acids is 2. The number of nitrogens with zero attached hydrogens (tertiary/aromatic N) is 2. The summed E-state index contributed by atoms with van der Waals surface area (Å²) < 4.78 is 0. The van der Waals surface area contributed by atoms with Gasteiger partial charge in [0.05, 0.1) is 12.6 Å². The van der Waals surface area contributed by atoms with Gasteiger partial charge in [0.15, 0.2) is 0 Å². The van der Waals surface area contributed by atoms with Crippen molar-refractivity contribution in [1.82, 2.24) is 9.80 Å². The molecule has 1 saturated heterocycles. The molecule has 1 N–H and O–H groups in total. The molecule has 0 spiro atoms. The van der Waals surface area contributed by atoms with E-state index in [1.807, 2.05) is 0 Å². The van der Waals surface area contributed by atoms with Gasteiger partial charge in [-0.2, -0.15) is 0 Å². The lowest BCUT2D eigenvalue weighted by Gasteiger charge is -2.37. The summed E-state index contributed by atoms with van der Waals surface area (Å²) in [4.78, 5) is 25.9. The van der Waals surface area contributed by atoms with Crippen LogP contribution in [0, 0.1) is 0 Å². The molecule has 1 aliphatic rings. The van der Waals surface area contributed by atoms with Crippen LogP contribution in [0.3, 0.4) is 0 Å². The Hall–Kier alpha value is -1.10. The lowest BCUT2D eigenvalue weighted by Crippen LogP contribution is -2.58. The highest BCUT2D eigenvalue weighted by Crippen LogP contribution is 2.11. The van der Waals surface area contributed by atoms with E-state index in [9.17, 15) is 14.7 Å². The summed E-state index contributed by atoms with van der Waals surface area (Å²) in [5.74, 6) is -0.189. The summed E-state index contributed by atoms with van der Waals surface area (Å²) in [5, 5.41) is 9.17. The molecule has 0 aliphatic carbocycles. The molecule has 0 saturated carbocycles. The molecule has 14 heavy (non-hydrogen) atoms. The summed E-state index contributed by atoms with van der Waals surface area (Å²) >= 11 is 0. The van der Waals surface area contributed by atoms with Crippen LogP contribution in [0.25, 0.3) is 0 Å². The van der Waals surface area contributed by atoms with Crippen molar-refractivity contribution in [3.63, 3.8) is 0 Å². The third-order valence-electron chi connectivity index (χ3n) is 2.35. The Labute approximate surface area is 83.3 Å². The molecule has 0 bridgehead atoms. The van der Waals surface area contributed by atoms with Gasteiger partial charge in [-0.05, 0) is 13.8 Å². The van der Waals surface area contributed by atoms with Crippen molar-refractivity contribution in [3.05, 3.63) is 0 Å². The molecule has 2 unspecified atom stereocenters. The number of hydrogen-bond acceptors (Lipinski definition) is 3. The number of aliphatic hydroxyl groups excluding tert-OH is 1. The van der Waals surface area contributed by atoms with E-state index >= 15 is 0 Å². The maximum Gasteiger partial charge on any atom is 0.245 e. The fourth-order valence-corrected chi connectivity index (χ4v) is 1.58. The first-order valence-corrected chi connectivity index (χ1v) is 4.66. The zero-order valence-electron chi connectivity index (χ0n) is 8.73. The van der Waals surface area contributed by atoms with E-state index in [-0.39, 0.29) is 24.9 Å². The van der Waals surface area contributed by atoms with Crippen molar-refractivity contribution in [2.24, 2.45) is 0 Å². The predicted octanol–water partition coefficient (Wildman–Crippen LogP) is -0.944. The first kappa shape index (κ1) is 11.0. The number of rotatable bonds is 2. The minimum absolute atomic E-state index is 0.0785. The monoisotopic (exact) mass is 200 g/mol. The van der Waals surface area contributed by atoms with Gasteiger partial charge in [0.1, 0.15) is 6.04 Å². The van der Waals surface area contributed by atoms with E-state index in [2.05, 4.69) is 0 Å². The van der Waals surface area contributed by atoms with Crippen LogP contribution in [0.4, 0.5) is 0 Å². The van der Waals surface area contributed by atoms with Crippen LogP contribution >= 0.6 is 0 Å². The van der Waals surface area contributed by atoms with E-state index in [0.29, 0.717) is 0 Å². The third kappa shape index (κ3) is 2.04. The summed E-state index contributed by atoms with van der Waals surface area (Å²) in [6.45, 7) is 3.61. The molecule has 5 heteroatoms. The maximum atomic E-state index is 11.5. The van der Waals surface area contributed by atoms with Crippen LogP contribution in [0.2, 0.25) is 0 Å². The normalized spacial score (nSPS) is 25.6. The number of β-amino-alcohol motifs (C(OH)–C–C–N with tert-alkyl or cyclic N) is 1. The summed E-state index contributed by atoms with van der Waals surface area (Å²) in [5.41, 5.74) is 0. The summed E-state index contributed by atoms with van der Waals surface area (Å²) in [6.07, 6.45) is -0.599. The van der Waals surface area contributed by atoms with E-state index in [1.54, 1.807) is 20.9 Å². The lowest BCUT2D eigenvalue weighted by molar-refractivity contribution is -0.154. The molecule has 0 radical (unpaired) electrons. The Bertz CT molecular complexity index is 252. The second-order valence-electron chi connectivity index (χ2n) is 3.77. The Kier molecular flexibility index (Phi) is 3.10. The zero-order chi connectivity index (χ0) is 10.9. The van der Waals surface area contributed by atoms with Crippen molar-refractivity contribution < 1.29 is 14.7 Å². The van der Waals surface area contributed by atoms with Crippen LogP contribution in [0.15, 0.2) is 0 Å². The van der Waals surface area contributed by atoms with Crippen molar-refractivity contribution in [3.8, 4) is 0 Å². The lowest BCUT2D eigenvalue weighted by atomic mass is 10.1. The van der Waals surface area contributed by atoms with Gasteiger partial charge in [0, 0.05) is 13.6 Å². The van der Waals surface area contributed by atoms with Crippen LogP contribution in [0.5, 0.6) is 0 Å². The van der Waals surface area contributed by atoms with E-state index in [1.165, 1.54) is 9.80 Å². The molecule has 1 heterocycles. The largest absolute Gasteiger partial charge is 0.392 e. The minimum atomic E-state index is -0.599. The molecule has 2 atom stereocenters. The topological polar surface area (TPSA) is 60.9 Å². The van der Waals surface area contributed by atoms with Crippen molar-refractivity contribution in [2.45, 2.75) is 26.0 Å². The Balaban J connectivity index is 2.74. The highest BCUT2D eigenvalue weighted by atomic mass is 16.3. The van der Waals surface area contributed by atoms with Gasteiger partial charge >= 0.3 is 0 Å². The van der Waals surface area contributed by atoms with Gasteiger partial charge in [0.2, 0.25) is 11.8 Å². The van der Waals surface area contributed by atoms with Gasteiger partial charge < -0.3 is 14.9 Å². The number of amides is 2. The number of piperazine rings is 1. The fourth-order valence-electron chi connectivity index (χ4n) is 1.58. The second-order valence-corrected chi connectivity index (χ2v) is 3.77. The highest BCUT2D eigenvalue weighted by Gasteiger charge is 2.34. The molecule has 0 aromatic carbocycles. The third-order valence-corrected chi connectivity index (χ3v) is 2.35. The molecule has 2 amide bonds. The Morgan fingerprint density at radius 1 is 1.57 bits per heavy atom. The van der Waals surface area contributed by atoms with Crippen LogP contribution in [-0.4, -0.2) is 59.0 Å². The highest BCUT2D eigenvalue weighted by molar-refractivity contribution is 5.94. The van der Waals surface area contributed by atoms with Crippen molar-refractivity contribution in [1.29, 1.82) is 0 Å². The van der Waals surface area contributed by atoms with E-state index in [4.69, 9.17) is 0 Å². The Morgan fingerprint density at radius 3 is 2.64 bits per heavy atom. The second kappa shape index (κ2) is 3.96. The van der Waals surface area contributed by atoms with E-state index in [0.717, 1.165) is 0 Å². The van der Waals surface area contributed by atoms with Crippen LogP contribution in [0.1, 0.15) is 13.8 Å². The predicted molar refractivity (Wildman–Crippen MR) is 50.5 cm³/mol. The quantitative estimate of drug-likeness (QED) is 0.625. The van der Waals surface area contributed by atoms with Gasteiger partial charge in [-0.3, -0.25) is 9.59 Å². The van der Waals surface area contributed by atoms with Crippen LogP contribution < -0.4 is 0 Å². The molecule has 1 aliphatic heterocycles. The Morgan fingerprint density at radius 2 is 2.14 bits per heavy atom. The molecule has 80 valence electrons. The molecule has 0 aromatic heterocycles. The van der Waals surface area contributed by atoms with Gasteiger partial charge in [-0.1, -0.05) is 0 Å². The maximum absolute atomic E-state index is 11.5. The van der Waals surface area contributed by atoms with Crippen molar-refractivity contribution >= 4 is 11.8 Å². The SMILES string of the molecule is CC(O)CN1C(=O)CN(C)C(=O)C1C. The first-order chi connectivity index (χ1) is 6.43. The van der Waals surface area contributed by atoms with Crippen molar-refractivity contribution in [2.75, 3.05) is 20.1 Å². The number of aliphatic hydroxyl groups is 1. The molecule has 0 aromatic rings. The van der Waals surface area contributed by atoms with Crippen LogP contribution in [-0.2, 0) is 9.59 Å². The smallest absolute Gasteiger partial charge is 0.245 e. The van der Waals surface area contributed by atoms with E-state index < -0.39 is 12.1 Å². The zero-order valence-corrected chi connectivity index (χ0v) is 8.73.